The molecular formula is C30H38N4O6S. The second kappa shape index (κ2) is 14.2. The number of thiazole rings is 1. The minimum Gasteiger partial charge on any atom is -0.490 e. The van der Waals surface area contributed by atoms with E-state index in [-0.39, 0.29) is 29.3 Å². The third-order valence-electron chi connectivity index (χ3n) is 7.49. The summed E-state index contributed by atoms with van der Waals surface area (Å²) >= 11 is 1.46. The summed E-state index contributed by atoms with van der Waals surface area (Å²) in [5.74, 6) is 0.382. The lowest BCUT2D eigenvalue weighted by atomic mass is 9.86. The number of hydrogen-bond donors (Lipinski definition) is 1. The summed E-state index contributed by atoms with van der Waals surface area (Å²) in [5, 5.41) is 15.1. The van der Waals surface area contributed by atoms with Crippen LogP contribution < -0.4 is 14.8 Å². The Balaban J connectivity index is 1.21. The quantitative estimate of drug-likeness (QED) is 0.157. The number of rotatable bonds is 14. The number of nitro benzene ring substituents is 1. The Bertz CT molecular complexity index is 1390. The number of aromatic nitrogens is 1. The number of ether oxygens (including phenoxy) is 2. The zero-order valence-corrected chi connectivity index (χ0v) is 24.8. The van der Waals surface area contributed by atoms with E-state index in [2.05, 4.69) is 17.2 Å². The van der Waals surface area contributed by atoms with Crippen LogP contribution in [0.25, 0.3) is 10.2 Å². The molecule has 1 N–H and O–H groups in total. The SMILES string of the molecule is CCCN(C(=O)CCCCCNC(=O)Cc1ccc2nc(OC)sc2c1)[C@@H]1CCc2cc(OC)c([N+](=O)[O-])cc2C1. The van der Waals surface area contributed by atoms with Gasteiger partial charge in [0.25, 0.3) is 5.19 Å². The summed E-state index contributed by atoms with van der Waals surface area (Å²) in [6, 6.07) is 9.21. The highest BCUT2D eigenvalue weighted by Gasteiger charge is 2.29. The molecule has 1 aromatic heterocycles. The van der Waals surface area contributed by atoms with Crippen LogP contribution in [0.4, 0.5) is 5.69 Å². The summed E-state index contributed by atoms with van der Waals surface area (Å²) in [6.07, 6.45) is 6.22. The number of amides is 2. The van der Waals surface area contributed by atoms with Gasteiger partial charge in [0.05, 0.1) is 35.8 Å². The summed E-state index contributed by atoms with van der Waals surface area (Å²) in [6.45, 7) is 3.30. The van der Waals surface area contributed by atoms with Gasteiger partial charge >= 0.3 is 5.69 Å². The van der Waals surface area contributed by atoms with Crippen molar-refractivity contribution in [3.8, 4) is 10.9 Å². The number of carbonyl (C=O) groups is 2. The number of nitro groups is 1. The molecular weight excluding hydrogens is 544 g/mol. The Labute approximate surface area is 244 Å². The number of aryl methyl sites for hydroxylation is 1. The van der Waals surface area contributed by atoms with E-state index < -0.39 is 4.92 Å². The normalized spacial score (nSPS) is 14.4. The number of unbranched alkanes of at least 4 members (excludes halogenated alkanes) is 2. The molecule has 41 heavy (non-hydrogen) atoms. The van der Waals surface area contributed by atoms with Crippen LogP contribution in [0.2, 0.25) is 0 Å². The maximum Gasteiger partial charge on any atom is 0.311 e. The molecule has 0 radical (unpaired) electrons. The van der Waals surface area contributed by atoms with E-state index >= 15 is 0 Å². The number of fused-ring (bicyclic) bond motifs is 2. The summed E-state index contributed by atoms with van der Waals surface area (Å²) in [4.78, 5) is 43.0. The number of methoxy groups -OCH3 is 2. The third kappa shape index (κ3) is 7.72. The lowest BCUT2D eigenvalue weighted by Gasteiger charge is -2.35. The van der Waals surface area contributed by atoms with Gasteiger partial charge in [0.2, 0.25) is 11.8 Å². The predicted octanol–water partition coefficient (Wildman–Crippen LogP) is 5.24. The monoisotopic (exact) mass is 582 g/mol. The van der Waals surface area contributed by atoms with Crippen molar-refractivity contribution in [3.05, 3.63) is 57.1 Å². The van der Waals surface area contributed by atoms with Crippen molar-refractivity contribution in [1.29, 1.82) is 0 Å². The van der Waals surface area contributed by atoms with E-state index in [9.17, 15) is 19.7 Å². The minimum absolute atomic E-state index is 0.0264. The van der Waals surface area contributed by atoms with Gasteiger partial charge in [-0.25, -0.2) is 4.98 Å². The maximum absolute atomic E-state index is 13.2. The molecule has 11 heteroatoms. The van der Waals surface area contributed by atoms with Gasteiger partial charge in [-0.1, -0.05) is 30.7 Å². The lowest BCUT2D eigenvalue weighted by Crippen LogP contribution is -2.43. The fourth-order valence-electron chi connectivity index (χ4n) is 5.42. The van der Waals surface area contributed by atoms with Crippen molar-refractivity contribution in [3.63, 3.8) is 0 Å². The van der Waals surface area contributed by atoms with Gasteiger partial charge < -0.3 is 19.7 Å². The van der Waals surface area contributed by atoms with Gasteiger partial charge in [-0.05, 0) is 73.4 Å². The third-order valence-corrected chi connectivity index (χ3v) is 8.47. The molecule has 0 unspecified atom stereocenters. The maximum atomic E-state index is 13.2. The average molecular weight is 583 g/mol. The molecule has 0 saturated carbocycles. The molecule has 1 heterocycles. The van der Waals surface area contributed by atoms with Crippen molar-refractivity contribution in [2.45, 2.75) is 70.8 Å². The molecule has 2 amide bonds. The molecule has 0 aliphatic heterocycles. The minimum atomic E-state index is -0.417. The second-order valence-electron chi connectivity index (χ2n) is 10.4. The number of benzene rings is 2. The first-order valence-electron chi connectivity index (χ1n) is 14.2. The second-order valence-corrected chi connectivity index (χ2v) is 11.4. The van der Waals surface area contributed by atoms with Crippen molar-refractivity contribution < 1.29 is 24.0 Å². The standard InChI is InChI=1S/C30H38N4O6S/c1-4-14-33(23-11-10-21-19-26(39-2)25(34(37)38)18-22(21)17-23)29(36)8-6-5-7-13-31-28(35)16-20-9-12-24-27(15-20)41-30(32-24)40-3/h9,12,15,18-19,23H,4-8,10-11,13-14,16-17H2,1-3H3,(H,31,35)/t23-/m1/s1. The molecule has 1 aliphatic rings. The van der Waals surface area contributed by atoms with Crippen LogP contribution in [0.5, 0.6) is 10.9 Å². The fourth-order valence-corrected chi connectivity index (χ4v) is 6.27. The van der Waals surface area contributed by atoms with Gasteiger partial charge in [0, 0.05) is 31.6 Å². The largest absolute Gasteiger partial charge is 0.490 e. The topological polar surface area (TPSA) is 124 Å². The first-order valence-corrected chi connectivity index (χ1v) is 15.0. The highest BCUT2D eigenvalue weighted by atomic mass is 32.1. The van der Waals surface area contributed by atoms with E-state index in [4.69, 9.17) is 9.47 Å². The number of carbonyl (C=O) groups excluding carboxylic acids is 2. The van der Waals surface area contributed by atoms with Gasteiger partial charge in [0.15, 0.2) is 5.75 Å². The van der Waals surface area contributed by atoms with Crippen LogP contribution in [0.1, 0.15) is 62.1 Å². The van der Waals surface area contributed by atoms with E-state index in [0.717, 1.165) is 65.4 Å². The van der Waals surface area contributed by atoms with Gasteiger partial charge in [-0.3, -0.25) is 19.7 Å². The number of hydrogen-bond acceptors (Lipinski definition) is 8. The predicted molar refractivity (Wildman–Crippen MR) is 159 cm³/mol. The molecule has 0 fully saturated rings. The molecule has 220 valence electrons. The van der Waals surface area contributed by atoms with Crippen molar-refractivity contribution >= 4 is 39.1 Å². The van der Waals surface area contributed by atoms with E-state index in [1.165, 1.54) is 18.4 Å². The van der Waals surface area contributed by atoms with Crippen molar-refractivity contribution in [1.82, 2.24) is 15.2 Å². The molecule has 1 atom stereocenters. The highest BCUT2D eigenvalue weighted by Crippen LogP contribution is 2.35. The first-order chi connectivity index (χ1) is 19.8. The Hall–Kier alpha value is -3.73. The van der Waals surface area contributed by atoms with Crippen LogP contribution in [-0.4, -0.2) is 60.0 Å². The summed E-state index contributed by atoms with van der Waals surface area (Å²) in [7, 11) is 3.03. The summed E-state index contributed by atoms with van der Waals surface area (Å²) in [5.41, 5.74) is 3.74. The van der Waals surface area contributed by atoms with Crippen LogP contribution >= 0.6 is 11.3 Å². The Morgan fingerprint density at radius 3 is 2.71 bits per heavy atom. The summed E-state index contributed by atoms with van der Waals surface area (Å²) < 4.78 is 11.4. The van der Waals surface area contributed by atoms with E-state index in [0.29, 0.717) is 37.5 Å². The van der Waals surface area contributed by atoms with Crippen LogP contribution in [-0.2, 0) is 28.9 Å². The molecule has 10 nitrogen and oxygen atoms in total. The van der Waals surface area contributed by atoms with Crippen LogP contribution in [0, 0.1) is 10.1 Å². The molecule has 2 aromatic carbocycles. The fraction of sp³-hybridized carbons (Fsp3) is 0.500. The molecule has 0 saturated heterocycles. The smallest absolute Gasteiger partial charge is 0.311 e. The Morgan fingerprint density at radius 2 is 1.98 bits per heavy atom. The zero-order chi connectivity index (χ0) is 29.4. The average Bonchev–Trinajstić information content (AvgIpc) is 3.39. The van der Waals surface area contributed by atoms with Crippen LogP contribution in [0.15, 0.2) is 30.3 Å². The first kappa shape index (κ1) is 30.2. The molecule has 3 aromatic rings. The number of nitrogens with one attached hydrogen (secondary N) is 1. The lowest BCUT2D eigenvalue weighted by molar-refractivity contribution is -0.385. The molecule has 1 aliphatic carbocycles. The van der Waals surface area contributed by atoms with Gasteiger partial charge in [-0.2, -0.15) is 0 Å². The molecule has 0 bridgehead atoms. The van der Waals surface area contributed by atoms with Gasteiger partial charge in [0.1, 0.15) is 0 Å². The molecule has 4 rings (SSSR count). The zero-order valence-electron chi connectivity index (χ0n) is 23.9. The highest BCUT2D eigenvalue weighted by molar-refractivity contribution is 7.20. The van der Waals surface area contributed by atoms with Crippen molar-refractivity contribution in [2.24, 2.45) is 0 Å². The van der Waals surface area contributed by atoms with Crippen molar-refractivity contribution in [2.75, 3.05) is 27.3 Å². The van der Waals surface area contributed by atoms with E-state index in [1.807, 2.05) is 23.1 Å². The van der Waals surface area contributed by atoms with Crippen LogP contribution in [0.3, 0.4) is 0 Å². The Morgan fingerprint density at radius 1 is 1.15 bits per heavy atom. The Kier molecular flexibility index (Phi) is 10.5. The number of nitrogens with zero attached hydrogens (tertiary/aromatic N) is 3. The van der Waals surface area contributed by atoms with E-state index in [1.54, 1.807) is 19.2 Å². The van der Waals surface area contributed by atoms with Gasteiger partial charge in [-0.15, -0.1) is 0 Å². The molecule has 0 spiro atoms.